The predicted molar refractivity (Wildman–Crippen MR) is 75.2 cm³/mol. The third kappa shape index (κ3) is 3.14. The highest BCUT2D eigenvalue weighted by Crippen LogP contribution is 2.20. The van der Waals surface area contributed by atoms with E-state index in [4.69, 9.17) is 11.6 Å². The van der Waals surface area contributed by atoms with E-state index in [2.05, 4.69) is 28.5 Å². The number of nitrogens with one attached hydrogen (secondary N) is 1. The number of rotatable bonds is 5. The Bertz CT molecular complexity index is 575. The van der Waals surface area contributed by atoms with Gasteiger partial charge in [0.2, 0.25) is 0 Å². The Kier molecular flexibility index (Phi) is 3.53. The van der Waals surface area contributed by atoms with E-state index < -0.39 is 0 Å². The lowest BCUT2D eigenvalue weighted by atomic mass is 10.2. The summed E-state index contributed by atoms with van der Waals surface area (Å²) in [6.07, 6.45) is 8.14. The molecule has 0 saturated heterocycles. The molecule has 0 aliphatic heterocycles. The standard InChI is InChI=1S/C14H17ClN4/c1-10-12(6-17-13-2-3-13)9-19(18-10)8-11-4-5-16-7-14(11)15/h4-5,7,9,13,17H,2-3,6,8H2,1H3. The van der Waals surface area contributed by atoms with Crippen molar-refractivity contribution < 1.29 is 0 Å². The lowest BCUT2D eigenvalue weighted by molar-refractivity contribution is 0.673. The summed E-state index contributed by atoms with van der Waals surface area (Å²) in [4.78, 5) is 3.99. The van der Waals surface area contributed by atoms with E-state index in [0.717, 1.165) is 23.8 Å². The van der Waals surface area contributed by atoms with Crippen molar-refractivity contribution in [2.75, 3.05) is 0 Å². The highest BCUT2D eigenvalue weighted by Gasteiger charge is 2.20. The molecule has 1 aliphatic rings. The van der Waals surface area contributed by atoms with Gasteiger partial charge in [0.1, 0.15) is 0 Å². The molecule has 0 unspecified atom stereocenters. The average molecular weight is 277 g/mol. The van der Waals surface area contributed by atoms with Gasteiger partial charge in [-0.25, -0.2) is 0 Å². The fraction of sp³-hybridized carbons (Fsp3) is 0.429. The summed E-state index contributed by atoms with van der Waals surface area (Å²) in [5.74, 6) is 0. The van der Waals surface area contributed by atoms with Crippen LogP contribution >= 0.6 is 11.6 Å². The lowest BCUT2D eigenvalue weighted by Crippen LogP contribution is -2.15. The second-order valence-electron chi connectivity index (χ2n) is 5.06. The maximum atomic E-state index is 6.12. The highest BCUT2D eigenvalue weighted by atomic mass is 35.5. The largest absolute Gasteiger partial charge is 0.310 e. The van der Waals surface area contributed by atoms with E-state index in [1.807, 2.05) is 10.7 Å². The van der Waals surface area contributed by atoms with E-state index in [1.54, 1.807) is 12.4 Å². The van der Waals surface area contributed by atoms with E-state index in [1.165, 1.54) is 18.4 Å². The summed E-state index contributed by atoms with van der Waals surface area (Å²) in [7, 11) is 0. The third-order valence-electron chi connectivity index (χ3n) is 3.40. The van der Waals surface area contributed by atoms with Crippen LogP contribution in [0.5, 0.6) is 0 Å². The van der Waals surface area contributed by atoms with E-state index >= 15 is 0 Å². The molecule has 3 rings (SSSR count). The molecule has 2 aromatic rings. The van der Waals surface area contributed by atoms with Crippen molar-refractivity contribution in [3.8, 4) is 0 Å². The fourth-order valence-electron chi connectivity index (χ4n) is 2.06. The molecule has 5 heteroatoms. The Balaban J connectivity index is 1.70. The first-order chi connectivity index (χ1) is 9.22. The van der Waals surface area contributed by atoms with Gasteiger partial charge in [0.15, 0.2) is 0 Å². The highest BCUT2D eigenvalue weighted by molar-refractivity contribution is 6.31. The molecule has 0 amide bonds. The van der Waals surface area contributed by atoms with Gasteiger partial charge >= 0.3 is 0 Å². The number of hydrogen-bond donors (Lipinski definition) is 1. The van der Waals surface area contributed by atoms with Crippen molar-refractivity contribution in [2.45, 2.75) is 38.9 Å². The Morgan fingerprint density at radius 1 is 1.42 bits per heavy atom. The number of nitrogens with zero attached hydrogens (tertiary/aromatic N) is 3. The molecule has 1 saturated carbocycles. The van der Waals surface area contributed by atoms with Gasteiger partial charge in [-0.1, -0.05) is 11.6 Å². The van der Waals surface area contributed by atoms with Crippen molar-refractivity contribution in [3.63, 3.8) is 0 Å². The minimum atomic E-state index is 0.686. The zero-order valence-corrected chi connectivity index (χ0v) is 11.7. The minimum absolute atomic E-state index is 0.686. The van der Waals surface area contributed by atoms with E-state index in [9.17, 15) is 0 Å². The Hall–Kier alpha value is -1.39. The number of halogens is 1. The Morgan fingerprint density at radius 2 is 2.26 bits per heavy atom. The normalized spacial score (nSPS) is 14.8. The smallest absolute Gasteiger partial charge is 0.0675 e. The number of aromatic nitrogens is 3. The molecule has 0 radical (unpaired) electrons. The molecular weight excluding hydrogens is 260 g/mol. The van der Waals surface area contributed by atoms with Crippen LogP contribution in [0, 0.1) is 6.92 Å². The first kappa shape index (κ1) is 12.6. The van der Waals surface area contributed by atoms with Crippen molar-refractivity contribution in [2.24, 2.45) is 0 Å². The average Bonchev–Trinajstić information content (AvgIpc) is 3.15. The molecule has 0 bridgehead atoms. The maximum absolute atomic E-state index is 6.12. The minimum Gasteiger partial charge on any atom is -0.310 e. The van der Waals surface area contributed by atoms with Gasteiger partial charge in [-0.05, 0) is 31.4 Å². The predicted octanol–water partition coefficient (Wildman–Crippen LogP) is 2.54. The van der Waals surface area contributed by atoms with Gasteiger partial charge < -0.3 is 5.32 Å². The number of aryl methyl sites for hydroxylation is 1. The van der Waals surface area contributed by atoms with Crippen molar-refractivity contribution in [1.29, 1.82) is 0 Å². The van der Waals surface area contributed by atoms with Crippen molar-refractivity contribution >= 4 is 11.6 Å². The van der Waals surface area contributed by atoms with Gasteiger partial charge in [0.05, 0.1) is 17.3 Å². The zero-order valence-electron chi connectivity index (χ0n) is 10.9. The van der Waals surface area contributed by atoms with Gasteiger partial charge in [0, 0.05) is 36.7 Å². The molecule has 19 heavy (non-hydrogen) atoms. The van der Waals surface area contributed by atoms with Gasteiger partial charge in [-0.3, -0.25) is 9.67 Å². The summed E-state index contributed by atoms with van der Waals surface area (Å²) in [5.41, 5.74) is 3.39. The van der Waals surface area contributed by atoms with Crippen LogP contribution in [0.25, 0.3) is 0 Å². The molecule has 0 spiro atoms. The van der Waals surface area contributed by atoms with Crippen LogP contribution in [0.1, 0.15) is 29.7 Å². The van der Waals surface area contributed by atoms with Crippen LogP contribution in [0.3, 0.4) is 0 Å². The second-order valence-corrected chi connectivity index (χ2v) is 5.47. The molecule has 0 atom stereocenters. The summed E-state index contributed by atoms with van der Waals surface area (Å²) in [5, 5.41) is 8.74. The molecule has 0 aromatic carbocycles. The van der Waals surface area contributed by atoms with Crippen LogP contribution in [0.4, 0.5) is 0 Å². The maximum Gasteiger partial charge on any atom is 0.0675 e. The van der Waals surface area contributed by atoms with Crippen LogP contribution in [0.15, 0.2) is 24.7 Å². The molecule has 1 N–H and O–H groups in total. The van der Waals surface area contributed by atoms with Crippen LogP contribution in [-0.4, -0.2) is 20.8 Å². The molecule has 2 aromatic heterocycles. The summed E-state index contributed by atoms with van der Waals surface area (Å²) in [6, 6.07) is 2.65. The fourth-order valence-corrected chi connectivity index (χ4v) is 2.24. The van der Waals surface area contributed by atoms with Gasteiger partial charge in [-0.2, -0.15) is 5.10 Å². The SMILES string of the molecule is Cc1nn(Cc2ccncc2Cl)cc1CNC1CC1. The molecule has 4 nitrogen and oxygen atoms in total. The molecule has 1 fully saturated rings. The summed E-state index contributed by atoms with van der Waals surface area (Å²) >= 11 is 6.12. The van der Waals surface area contributed by atoms with Crippen molar-refractivity contribution in [1.82, 2.24) is 20.1 Å². The monoisotopic (exact) mass is 276 g/mol. The van der Waals surface area contributed by atoms with Gasteiger partial charge in [0.25, 0.3) is 0 Å². The third-order valence-corrected chi connectivity index (χ3v) is 3.74. The van der Waals surface area contributed by atoms with Gasteiger partial charge in [-0.15, -0.1) is 0 Å². The first-order valence-electron chi connectivity index (χ1n) is 6.57. The number of pyridine rings is 1. The Morgan fingerprint density at radius 3 is 3.00 bits per heavy atom. The lowest BCUT2D eigenvalue weighted by Gasteiger charge is -2.03. The Labute approximate surface area is 117 Å². The van der Waals surface area contributed by atoms with Crippen LogP contribution in [0.2, 0.25) is 5.02 Å². The quantitative estimate of drug-likeness (QED) is 0.913. The topological polar surface area (TPSA) is 42.7 Å². The molecule has 2 heterocycles. The molecule has 100 valence electrons. The van der Waals surface area contributed by atoms with E-state index in [0.29, 0.717) is 11.6 Å². The number of hydrogen-bond acceptors (Lipinski definition) is 3. The van der Waals surface area contributed by atoms with Crippen molar-refractivity contribution in [3.05, 3.63) is 46.5 Å². The zero-order chi connectivity index (χ0) is 13.2. The molecular formula is C14H17ClN4. The second kappa shape index (κ2) is 5.31. The molecule has 1 aliphatic carbocycles. The summed E-state index contributed by atoms with van der Waals surface area (Å²) < 4.78 is 1.94. The first-order valence-corrected chi connectivity index (χ1v) is 6.95. The van der Waals surface area contributed by atoms with Crippen LogP contribution < -0.4 is 5.32 Å². The van der Waals surface area contributed by atoms with Crippen LogP contribution in [-0.2, 0) is 13.1 Å². The summed E-state index contributed by atoms with van der Waals surface area (Å²) in [6.45, 7) is 3.64. The van der Waals surface area contributed by atoms with E-state index in [-0.39, 0.29) is 0 Å².